The van der Waals surface area contributed by atoms with E-state index in [9.17, 15) is 8.42 Å². The Labute approximate surface area is 235 Å². The Balaban J connectivity index is 1.35. The third-order valence-electron chi connectivity index (χ3n) is 6.08. The van der Waals surface area contributed by atoms with Crippen LogP contribution in [0.5, 0.6) is 0 Å². The van der Waals surface area contributed by atoms with Crippen LogP contribution in [-0.4, -0.2) is 35.0 Å². The van der Waals surface area contributed by atoms with Gasteiger partial charge in [0.2, 0.25) is 11.9 Å². The number of hydrogen-bond acceptors (Lipinski definition) is 8. The molecule has 0 unspecified atom stereocenters. The summed E-state index contributed by atoms with van der Waals surface area (Å²) in [5.74, 6) is 1.68. The van der Waals surface area contributed by atoms with Gasteiger partial charge in [0.15, 0.2) is 0 Å². The highest BCUT2D eigenvalue weighted by Gasteiger charge is 2.15. The highest BCUT2D eigenvalue weighted by Crippen LogP contribution is 2.28. The maximum Gasteiger partial charge on any atom is 0.253 e. The van der Waals surface area contributed by atoms with Crippen LogP contribution in [0.2, 0.25) is 5.02 Å². The summed E-state index contributed by atoms with van der Waals surface area (Å²) in [5, 5.41) is 7.11. The summed E-state index contributed by atoms with van der Waals surface area (Å²) in [7, 11) is 0.0590. The molecule has 13 heteroatoms. The summed E-state index contributed by atoms with van der Waals surface area (Å²) >= 11 is 11.4. The smallest absolute Gasteiger partial charge is 0.253 e. The molecular formula is C26H24Cl2N8O2S. The number of rotatable bonds is 9. The van der Waals surface area contributed by atoms with E-state index in [1.807, 2.05) is 66.0 Å². The van der Waals surface area contributed by atoms with Gasteiger partial charge in [-0.3, -0.25) is 0 Å². The molecule has 0 fully saturated rings. The summed E-state index contributed by atoms with van der Waals surface area (Å²) < 4.78 is 27.8. The van der Waals surface area contributed by atoms with Crippen LogP contribution < -0.4 is 19.8 Å². The number of aryl methyl sites for hydroxylation is 1. The van der Waals surface area contributed by atoms with E-state index >= 15 is 0 Å². The van der Waals surface area contributed by atoms with Crippen molar-refractivity contribution in [1.82, 2.24) is 23.8 Å². The Morgan fingerprint density at radius 1 is 1.00 bits per heavy atom. The first-order chi connectivity index (χ1) is 18.7. The molecule has 10 nitrogen and oxygen atoms in total. The fourth-order valence-corrected chi connectivity index (χ4v) is 5.14. The van der Waals surface area contributed by atoms with Gasteiger partial charge < -0.3 is 20.1 Å². The summed E-state index contributed by atoms with van der Waals surface area (Å²) in [6.45, 7) is 0.596. The number of fused-ring (bicyclic) bond motifs is 1. The van der Waals surface area contributed by atoms with E-state index in [4.69, 9.17) is 28.4 Å². The van der Waals surface area contributed by atoms with Gasteiger partial charge in [-0.1, -0.05) is 29.8 Å². The number of aromatic nitrogens is 4. The quantitative estimate of drug-likeness (QED) is 0.193. The lowest BCUT2D eigenvalue weighted by Crippen LogP contribution is -2.14. The Morgan fingerprint density at radius 3 is 2.62 bits per heavy atom. The summed E-state index contributed by atoms with van der Waals surface area (Å²) in [6, 6.07) is 21.7. The van der Waals surface area contributed by atoms with Gasteiger partial charge in [-0.15, -0.1) is 4.24 Å². The zero-order chi connectivity index (χ0) is 27.6. The molecule has 0 amide bonds. The van der Waals surface area contributed by atoms with Gasteiger partial charge in [0.25, 0.3) is 10.0 Å². The van der Waals surface area contributed by atoms with E-state index in [1.165, 1.54) is 12.1 Å². The SMILES string of the molecule is CN(c1ccc2c(c1)nc(NCc1cccc(Cl)c1)n2C)c1ccnc(Nc2cccc(S(=O)(=O)NCl)c2)n1. The number of anilines is 5. The molecule has 39 heavy (non-hydrogen) atoms. The summed E-state index contributed by atoms with van der Waals surface area (Å²) in [4.78, 5) is 15.6. The molecule has 0 saturated heterocycles. The van der Waals surface area contributed by atoms with Gasteiger partial charge >= 0.3 is 0 Å². The minimum absolute atomic E-state index is 0.0147. The first-order valence-corrected chi connectivity index (χ1v) is 14.0. The molecule has 200 valence electrons. The molecule has 0 radical (unpaired) electrons. The van der Waals surface area contributed by atoms with Crippen LogP contribution in [0, 0.1) is 0 Å². The van der Waals surface area contributed by atoms with Gasteiger partial charge in [-0.05, 0) is 71.9 Å². The second-order valence-corrected chi connectivity index (χ2v) is 11.2. The number of nitrogens with zero attached hydrogens (tertiary/aromatic N) is 5. The molecule has 0 bridgehead atoms. The summed E-state index contributed by atoms with van der Waals surface area (Å²) in [6.07, 6.45) is 1.62. The lowest BCUT2D eigenvalue weighted by Gasteiger charge is -2.19. The highest BCUT2D eigenvalue weighted by atomic mass is 35.5. The molecule has 0 saturated carbocycles. The lowest BCUT2D eigenvalue weighted by atomic mass is 10.2. The maximum atomic E-state index is 12.0. The lowest BCUT2D eigenvalue weighted by molar-refractivity contribution is 0.594. The van der Waals surface area contributed by atoms with E-state index < -0.39 is 10.0 Å². The molecule has 5 aromatic rings. The number of imidazole rings is 1. The van der Waals surface area contributed by atoms with Gasteiger partial charge in [0.05, 0.1) is 15.9 Å². The number of nitrogens with one attached hydrogen (secondary N) is 3. The fraction of sp³-hybridized carbons (Fsp3) is 0.115. The fourth-order valence-electron chi connectivity index (χ4n) is 4.03. The molecule has 0 aliphatic heterocycles. The van der Waals surface area contributed by atoms with Crippen LogP contribution >= 0.6 is 23.4 Å². The maximum absolute atomic E-state index is 12.0. The third kappa shape index (κ3) is 5.91. The van der Waals surface area contributed by atoms with Gasteiger partial charge in [0.1, 0.15) is 5.82 Å². The number of sulfonamides is 1. The van der Waals surface area contributed by atoms with Gasteiger partial charge in [-0.25, -0.2) is 18.4 Å². The molecular weight excluding hydrogens is 559 g/mol. The van der Waals surface area contributed by atoms with E-state index in [-0.39, 0.29) is 4.90 Å². The average molecular weight is 584 g/mol. The standard InChI is InChI=1S/C26H24Cl2N8O2S/c1-35(24-11-12-29-25(33-24)31-19-7-4-8-21(14-19)39(37,38)34-28)20-9-10-23-22(15-20)32-26(36(23)2)30-16-17-5-3-6-18(27)13-17/h3-15,34H,16H2,1-2H3,(H,30,32)(H,29,31,33). The second kappa shape index (κ2) is 11.1. The molecule has 0 spiro atoms. The zero-order valence-electron chi connectivity index (χ0n) is 20.9. The van der Waals surface area contributed by atoms with Gasteiger partial charge in [0, 0.05) is 43.2 Å². The molecule has 2 heterocycles. The predicted molar refractivity (Wildman–Crippen MR) is 155 cm³/mol. The monoisotopic (exact) mass is 582 g/mol. The van der Waals surface area contributed by atoms with Crippen molar-refractivity contribution >= 4 is 73.5 Å². The summed E-state index contributed by atoms with van der Waals surface area (Å²) in [5.41, 5.74) is 4.25. The molecule has 3 N–H and O–H groups in total. The van der Waals surface area contributed by atoms with E-state index in [1.54, 1.807) is 28.6 Å². The normalized spacial score (nSPS) is 11.5. The van der Waals surface area contributed by atoms with Crippen LogP contribution in [0.4, 0.5) is 29.1 Å². The van der Waals surface area contributed by atoms with E-state index in [0.717, 1.165) is 28.2 Å². The van der Waals surface area contributed by atoms with E-state index in [2.05, 4.69) is 20.6 Å². The van der Waals surface area contributed by atoms with Crippen molar-refractivity contribution in [3.63, 3.8) is 0 Å². The van der Waals surface area contributed by atoms with Crippen LogP contribution in [-0.2, 0) is 23.6 Å². The predicted octanol–water partition coefficient (Wildman–Crippen LogP) is 5.57. The first-order valence-electron chi connectivity index (χ1n) is 11.7. The van der Waals surface area contributed by atoms with Gasteiger partial charge in [-0.2, -0.15) is 4.98 Å². The van der Waals surface area contributed by atoms with Crippen molar-refractivity contribution in [3.8, 4) is 0 Å². The molecule has 5 rings (SSSR count). The van der Waals surface area contributed by atoms with Crippen molar-refractivity contribution in [2.75, 3.05) is 22.6 Å². The number of benzene rings is 3. The van der Waals surface area contributed by atoms with Crippen molar-refractivity contribution in [2.24, 2.45) is 7.05 Å². The molecule has 0 atom stereocenters. The molecule has 3 aromatic carbocycles. The van der Waals surface area contributed by atoms with Crippen molar-refractivity contribution in [1.29, 1.82) is 0 Å². The minimum Gasteiger partial charge on any atom is -0.352 e. The van der Waals surface area contributed by atoms with Crippen LogP contribution in [0.15, 0.2) is 83.9 Å². The Bertz CT molecular complexity index is 1760. The Kier molecular flexibility index (Phi) is 7.58. The molecule has 0 aliphatic rings. The second-order valence-electron chi connectivity index (χ2n) is 8.68. The average Bonchev–Trinajstić information content (AvgIpc) is 3.26. The number of hydrogen-bond donors (Lipinski definition) is 3. The number of halogens is 2. The largest absolute Gasteiger partial charge is 0.352 e. The van der Waals surface area contributed by atoms with Crippen LogP contribution in [0.25, 0.3) is 11.0 Å². The third-order valence-corrected chi connectivity index (χ3v) is 8.00. The van der Waals surface area contributed by atoms with Crippen LogP contribution in [0.3, 0.4) is 0 Å². The highest BCUT2D eigenvalue weighted by molar-refractivity contribution is 7.90. The van der Waals surface area contributed by atoms with Crippen molar-refractivity contribution in [2.45, 2.75) is 11.4 Å². The zero-order valence-corrected chi connectivity index (χ0v) is 23.3. The van der Waals surface area contributed by atoms with Crippen molar-refractivity contribution < 1.29 is 8.42 Å². The topological polar surface area (TPSA) is 117 Å². The molecule has 0 aliphatic carbocycles. The Morgan fingerprint density at radius 2 is 1.82 bits per heavy atom. The Hall–Kier alpha value is -3.90. The van der Waals surface area contributed by atoms with Crippen LogP contribution in [0.1, 0.15) is 5.56 Å². The molecule has 2 aromatic heterocycles. The first kappa shape index (κ1) is 26.7. The van der Waals surface area contributed by atoms with E-state index in [0.29, 0.717) is 29.0 Å². The minimum atomic E-state index is -3.80. The van der Waals surface area contributed by atoms with Crippen molar-refractivity contribution in [3.05, 3.63) is 89.6 Å².